The Bertz CT molecular complexity index is 143. The maximum absolute atomic E-state index is 11.7. The highest BCUT2D eigenvalue weighted by Gasteiger charge is 2.10. The van der Waals surface area contributed by atoms with Gasteiger partial charge in [-0.1, -0.05) is 0 Å². The van der Waals surface area contributed by atoms with Crippen molar-refractivity contribution in [2.24, 2.45) is 5.73 Å². The molecule has 0 saturated carbocycles. The van der Waals surface area contributed by atoms with Crippen LogP contribution in [0.4, 0.5) is 8.78 Å². The Morgan fingerprint density at radius 3 is 2.45 bits per heavy atom. The van der Waals surface area contributed by atoms with Gasteiger partial charge in [-0.15, -0.1) is 0 Å². The fourth-order valence-electron chi connectivity index (χ4n) is 0.687. The molecule has 0 fully saturated rings. The van der Waals surface area contributed by atoms with Gasteiger partial charge in [0, 0.05) is 6.54 Å². The maximum atomic E-state index is 11.7. The van der Waals surface area contributed by atoms with Crippen molar-refractivity contribution in [2.45, 2.75) is 12.5 Å². The van der Waals surface area contributed by atoms with Crippen molar-refractivity contribution in [3.05, 3.63) is 0 Å². The first-order chi connectivity index (χ1) is 5.06. The van der Waals surface area contributed by atoms with E-state index in [1.165, 1.54) is 11.9 Å². The van der Waals surface area contributed by atoms with E-state index in [-0.39, 0.29) is 13.1 Å². The van der Waals surface area contributed by atoms with Crippen LogP contribution in [-0.2, 0) is 0 Å². The molecule has 5 heteroatoms. The molecule has 0 amide bonds. The first-order valence-corrected chi connectivity index (χ1v) is 3.18. The minimum absolute atomic E-state index is 0.181. The third-order valence-corrected chi connectivity index (χ3v) is 1.12. The molecule has 0 heterocycles. The highest BCUT2D eigenvalue weighted by molar-refractivity contribution is 4.88. The Labute approximate surface area is 64.4 Å². The number of likely N-dealkylation sites (N-methyl/N-ethyl adjacent to an activating group) is 1. The molecule has 0 spiro atoms. The highest BCUT2D eigenvalue weighted by atomic mass is 19.3. The molecule has 0 aliphatic heterocycles. The predicted octanol–water partition coefficient (Wildman–Crippen LogP) is 0.0342. The van der Waals surface area contributed by atoms with Gasteiger partial charge in [0.25, 0.3) is 6.43 Å². The van der Waals surface area contributed by atoms with Crippen LogP contribution < -0.4 is 5.73 Å². The second kappa shape index (κ2) is 4.99. The summed E-state index contributed by atoms with van der Waals surface area (Å²) in [5.74, 6) is 0. The van der Waals surface area contributed by atoms with E-state index in [0.29, 0.717) is 0 Å². The van der Waals surface area contributed by atoms with Crippen molar-refractivity contribution in [3.63, 3.8) is 0 Å². The summed E-state index contributed by atoms with van der Waals surface area (Å²) in [6.45, 7) is -0.157. The topological polar surface area (TPSA) is 53.0 Å². The summed E-state index contributed by atoms with van der Waals surface area (Å²) in [4.78, 5) is 1.33. The highest BCUT2D eigenvalue weighted by Crippen LogP contribution is 1.95. The van der Waals surface area contributed by atoms with E-state index < -0.39 is 12.5 Å². The molecule has 2 N–H and O–H groups in total. The van der Waals surface area contributed by atoms with Crippen LogP contribution in [0.2, 0.25) is 0 Å². The summed E-state index contributed by atoms with van der Waals surface area (Å²) in [6.07, 6.45) is -2.37. The van der Waals surface area contributed by atoms with Gasteiger partial charge in [0.15, 0.2) is 0 Å². The minimum Gasteiger partial charge on any atom is -0.315 e. The van der Waals surface area contributed by atoms with E-state index in [2.05, 4.69) is 0 Å². The third kappa shape index (κ3) is 5.70. The van der Waals surface area contributed by atoms with E-state index >= 15 is 0 Å². The van der Waals surface area contributed by atoms with Gasteiger partial charge in [0.1, 0.15) is 6.04 Å². The van der Waals surface area contributed by atoms with Crippen LogP contribution in [0.15, 0.2) is 0 Å². The normalized spacial score (nSPS) is 13.5. The van der Waals surface area contributed by atoms with Gasteiger partial charge in [-0.25, -0.2) is 8.78 Å². The smallest absolute Gasteiger partial charge is 0.251 e. The number of alkyl halides is 2. The number of halogens is 2. The number of rotatable bonds is 4. The van der Waals surface area contributed by atoms with Crippen molar-refractivity contribution >= 4 is 0 Å². The van der Waals surface area contributed by atoms with Crippen LogP contribution in [0.5, 0.6) is 0 Å². The van der Waals surface area contributed by atoms with E-state index in [4.69, 9.17) is 11.0 Å². The SMILES string of the molecule is CN(CC(F)F)CC(N)C#N. The van der Waals surface area contributed by atoms with Crippen LogP contribution in [0, 0.1) is 11.3 Å². The van der Waals surface area contributed by atoms with Crippen molar-refractivity contribution in [1.29, 1.82) is 5.26 Å². The lowest BCUT2D eigenvalue weighted by Gasteiger charge is -2.16. The first-order valence-electron chi connectivity index (χ1n) is 3.18. The van der Waals surface area contributed by atoms with E-state index in [1.54, 1.807) is 6.07 Å². The van der Waals surface area contributed by atoms with E-state index in [0.717, 1.165) is 0 Å². The molecule has 3 nitrogen and oxygen atoms in total. The number of nitrogens with zero attached hydrogens (tertiary/aromatic N) is 2. The first kappa shape index (κ1) is 10.3. The lowest BCUT2D eigenvalue weighted by molar-refractivity contribution is 0.0997. The van der Waals surface area contributed by atoms with Gasteiger partial charge in [0.05, 0.1) is 12.6 Å². The van der Waals surface area contributed by atoms with Gasteiger partial charge in [-0.2, -0.15) is 5.26 Å². The minimum atomic E-state index is -2.37. The Kier molecular flexibility index (Phi) is 4.66. The summed E-state index contributed by atoms with van der Waals surface area (Å²) < 4.78 is 23.3. The van der Waals surface area contributed by atoms with Gasteiger partial charge in [-0.3, -0.25) is 4.90 Å². The molecule has 1 atom stereocenters. The van der Waals surface area contributed by atoms with Crippen LogP contribution in [0.3, 0.4) is 0 Å². The lowest BCUT2D eigenvalue weighted by Crippen LogP contribution is -2.36. The van der Waals surface area contributed by atoms with Crippen molar-refractivity contribution in [1.82, 2.24) is 4.90 Å². The molecule has 0 aromatic rings. The average Bonchev–Trinajstić information content (AvgIpc) is 1.85. The van der Waals surface area contributed by atoms with E-state index in [9.17, 15) is 8.78 Å². The van der Waals surface area contributed by atoms with Gasteiger partial charge >= 0.3 is 0 Å². The zero-order chi connectivity index (χ0) is 8.85. The molecule has 0 aromatic heterocycles. The Morgan fingerprint density at radius 1 is 1.55 bits per heavy atom. The summed E-state index contributed by atoms with van der Waals surface area (Å²) in [7, 11) is 1.50. The van der Waals surface area contributed by atoms with Crippen LogP contribution in [0.25, 0.3) is 0 Å². The molecular weight excluding hydrogens is 152 g/mol. The second-order valence-corrected chi connectivity index (χ2v) is 2.35. The fraction of sp³-hybridized carbons (Fsp3) is 0.833. The molecule has 0 aromatic carbocycles. The molecule has 11 heavy (non-hydrogen) atoms. The molecule has 0 rings (SSSR count). The largest absolute Gasteiger partial charge is 0.315 e. The summed E-state index contributed by atoms with van der Waals surface area (Å²) in [6, 6.07) is 1.08. The molecule has 0 aliphatic carbocycles. The molecule has 0 aliphatic rings. The van der Waals surface area contributed by atoms with Gasteiger partial charge in [0.2, 0.25) is 0 Å². The average molecular weight is 163 g/mol. The zero-order valence-electron chi connectivity index (χ0n) is 6.30. The fourth-order valence-corrected chi connectivity index (χ4v) is 0.687. The Balaban J connectivity index is 3.53. The third-order valence-electron chi connectivity index (χ3n) is 1.12. The summed E-state index contributed by atoms with van der Waals surface area (Å²) in [5, 5.41) is 8.23. The monoisotopic (exact) mass is 163 g/mol. The van der Waals surface area contributed by atoms with Gasteiger partial charge in [-0.05, 0) is 7.05 Å². The van der Waals surface area contributed by atoms with Crippen LogP contribution in [0.1, 0.15) is 0 Å². The molecule has 1 unspecified atom stereocenters. The lowest BCUT2D eigenvalue weighted by atomic mass is 10.3. The molecular formula is C6H11F2N3. The number of nitriles is 1. The standard InChI is InChI=1S/C6H11F2N3/c1-11(4-6(7)8)3-5(10)2-9/h5-6H,3-4,10H2,1H3. The molecule has 0 bridgehead atoms. The van der Waals surface area contributed by atoms with Crippen molar-refractivity contribution in [2.75, 3.05) is 20.1 Å². The maximum Gasteiger partial charge on any atom is 0.251 e. The second-order valence-electron chi connectivity index (χ2n) is 2.35. The Hall–Kier alpha value is -0.730. The molecule has 64 valence electrons. The van der Waals surface area contributed by atoms with Crippen LogP contribution in [-0.4, -0.2) is 37.5 Å². The van der Waals surface area contributed by atoms with Crippen LogP contribution >= 0.6 is 0 Å². The summed E-state index contributed by atoms with van der Waals surface area (Å²) in [5.41, 5.74) is 5.20. The molecule has 0 saturated heterocycles. The summed E-state index contributed by atoms with van der Waals surface area (Å²) >= 11 is 0. The zero-order valence-corrected chi connectivity index (χ0v) is 6.30. The quantitative estimate of drug-likeness (QED) is 0.636. The van der Waals surface area contributed by atoms with E-state index in [1.807, 2.05) is 0 Å². The number of nitrogens with two attached hydrogens (primary N) is 1. The van der Waals surface area contributed by atoms with Crippen molar-refractivity contribution in [3.8, 4) is 6.07 Å². The number of hydrogen-bond donors (Lipinski definition) is 1. The molecule has 0 radical (unpaired) electrons. The number of hydrogen-bond acceptors (Lipinski definition) is 3. The predicted molar refractivity (Wildman–Crippen MR) is 37.1 cm³/mol. The van der Waals surface area contributed by atoms with Crippen molar-refractivity contribution < 1.29 is 8.78 Å². The Morgan fingerprint density at radius 2 is 2.09 bits per heavy atom. The van der Waals surface area contributed by atoms with Gasteiger partial charge < -0.3 is 5.73 Å².